The van der Waals surface area contributed by atoms with Gasteiger partial charge in [-0.05, 0) is 49.4 Å². The Hall–Kier alpha value is -1.35. The average Bonchev–Trinajstić information content (AvgIpc) is 3.02. The van der Waals surface area contributed by atoms with Crippen LogP contribution in [0.15, 0.2) is 18.2 Å². The summed E-state index contributed by atoms with van der Waals surface area (Å²) in [7, 11) is 0. The van der Waals surface area contributed by atoms with Gasteiger partial charge in [0.1, 0.15) is 0 Å². The van der Waals surface area contributed by atoms with Crippen molar-refractivity contribution < 1.29 is 4.79 Å². The molecule has 3 heteroatoms. The van der Waals surface area contributed by atoms with Crippen LogP contribution in [0.5, 0.6) is 0 Å². The van der Waals surface area contributed by atoms with Gasteiger partial charge in [0.15, 0.2) is 0 Å². The molecule has 0 spiro atoms. The van der Waals surface area contributed by atoms with Gasteiger partial charge in [-0.3, -0.25) is 4.79 Å². The highest BCUT2D eigenvalue weighted by Crippen LogP contribution is 2.44. The average molecular weight is 371 g/mol. The van der Waals surface area contributed by atoms with Gasteiger partial charge in [-0.2, -0.15) is 0 Å². The number of carbonyl (C=O) groups is 1. The summed E-state index contributed by atoms with van der Waals surface area (Å²) in [5.41, 5.74) is 4.07. The van der Waals surface area contributed by atoms with Crippen molar-refractivity contribution in [3.63, 3.8) is 0 Å². The van der Waals surface area contributed by atoms with Crippen molar-refractivity contribution in [3.05, 3.63) is 29.3 Å². The Morgan fingerprint density at radius 1 is 1.07 bits per heavy atom. The topological polar surface area (TPSA) is 32.3 Å². The largest absolute Gasteiger partial charge is 0.316 e. The molecule has 2 aliphatic heterocycles. The van der Waals surface area contributed by atoms with E-state index in [0.717, 1.165) is 25.9 Å². The lowest BCUT2D eigenvalue weighted by Crippen LogP contribution is -2.46. The Kier molecular flexibility index (Phi) is 7.75. The molecule has 3 nitrogen and oxygen atoms in total. The Bertz CT molecular complexity index is 612. The summed E-state index contributed by atoms with van der Waals surface area (Å²) in [4.78, 5) is 15.2. The number of anilines is 1. The van der Waals surface area contributed by atoms with Crippen LogP contribution in [-0.2, 0) is 11.2 Å². The molecular formula is C24H38N2O. The van der Waals surface area contributed by atoms with Crippen molar-refractivity contribution in [2.45, 2.75) is 96.4 Å². The Labute approximate surface area is 165 Å². The molecule has 1 N–H and O–H groups in total. The number of amides is 1. The number of hydrogen-bond donors (Lipinski definition) is 1. The number of benzene rings is 1. The lowest BCUT2D eigenvalue weighted by molar-refractivity contribution is -0.119. The van der Waals surface area contributed by atoms with E-state index in [-0.39, 0.29) is 0 Å². The fraction of sp³-hybridized carbons (Fsp3) is 0.708. The summed E-state index contributed by atoms with van der Waals surface area (Å²) in [6.07, 6.45) is 12.8. The third kappa shape index (κ3) is 4.93. The first-order chi connectivity index (χ1) is 13.3. The van der Waals surface area contributed by atoms with Gasteiger partial charge in [0, 0.05) is 30.6 Å². The molecule has 1 saturated heterocycles. The van der Waals surface area contributed by atoms with E-state index >= 15 is 0 Å². The molecule has 0 radical (unpaired) electrons. The minimum Gasteiger partial charge on any atom is -0.316 e. The van der Waals surface area contributed by atoms with E-state index in [4.69, 9.17) is 0 Å². The first-order valence-corrected chi connectivity index (χ1v) is 11.4. The third-order valence-electron chi connectivity index (χ3n) is 6.36. The molecular weight excluding hydrogens is 332 g/mol. The predicted octanol–water partition coefficient (Wildman–Crippen LogP) is 5.57. The fourth-order valence-electron chi connectivity index (χ4n) is 4.82. The summed E-state index contributed by atoms with van der Waals surface area (Å²) in [6.45, 7) is 6.52. The van der Waals surface area contributed by atoms with Crippen LogP contribution in [-0.4, -0.2) is 25.0 Å². The standard InChI is InChI=1S/C24H38N2O/c1-3-5-7-9-11-19-13-14-22-20(17-19)21-18-25-16-15-23(21)26(22)24(27)12-10-8-6-4-2/h13-14,17,21,23,25H,3-12,15-16,18H2,1-2H3/t21-,23-/m1/s1. The molecule has 1 aromatic rings. The monoisotopic (exact) mass is 370 g/mol. The van der Waals surface area contributed by atoms with E-state index in [1.807, 2.05) is 0 Å². The maximum atomic E-state index is 13.1. The quantitative estimate of drug-likeness (QED) is 0.546. The summed E-state index contributed by atoms with van der Waals surface area (Å²) >= 11 is 0. The van der Waals surface area contributed by atoms with Gasteiger partial charge in [0.05, 0.1) is 0 Å². The van der Waals surface area contributed by atoms with E-state index in [0.29, 0.717) is 24.3 Å². The van der Waals surface area contributed by atoms with Gasteiger partial charge < -0.3 is 10.2 Å². The van der Waals surface area contributed by atoms with Crippen LogP contribution >= 0.6 is 0 Å². The summed E-state index contributed by atoms with van der Waals surface area (Å²) in [6, 6.07) is 7.30. The van der Waals surface area contributed by atoms with Crippen LogP contribution in [0.3, 0.4) is 0 Å². The van der Waals surface area contributed by atoms with Crippen LogP contribution in [0.25, 0.3) is 0 Å². The zero-order chi connectivity index (χ0) is 19.1. The smallest absolute Gasteiger partial charge is 0.227 e. The van der Waals surface area contributed by atoms with Gasteiger partial charge in [-0.15, -0.1) is 0 Å². The molecule has 0 aliphatic carbocycles. The number of fused-ring (bicyclic) bond motifs is 3. The van der Waals surface area contributed by atoms with Crippen LogP contribution in [0.1, 0.15) is 95.1 Å². The number of unbranched alkanes of at least 4 members (excludes halogenated alkanes) is 6. The molecule has 27 heavy (non-hydrogen) atoms. The Morgan fingerprint density at radius 3 is 2.63 bits per heavy atom. The molecule has 0 unspecified atom stereocenters. The first kappa shape index (κ1) is 20.4. The lowest BCUT2D eigenvalue weighted by atomic mass is 9.89. The van der Waals surface area contributed by atoms with Gasteiger partial charge >= 0.3 is 0 Å². The molecule has 1 fully saturated rings. The molecule has 2 heterocycles. The minimum atomic E-state index is 0.345. The zero-order valence-electron chi connectivity index (χ0n) is 17.4. The molecule has 2 aliphatic rings. The van der Waals surface area contributed by atoms with E-state index in [1.165, 1.54) is 68.2 Å². The number of nitrogens with zero attached hydrogens (tertiary/aromatic N) is 1. The van der Waals surface area contributed by atoms with Crippen LogP contribution in [0.4, 0.5) is 5.69 Å². The van der Waals surface area contributed by atoms with E-state index < -0.39 is 0 Å². The number of nitrogens with one attached hydrogen (secondary N) is 1. The number of rotatable bonds is 10. The molecule has 1 amide bonds. The summed E-state index contributed by atoms with van der Waals surface area (Å²) in [5, 5.41) is 3.56. The maximum absolute atomic E-state index is 13.1. The van der Waals surface area contributed by atoms with Crippen molar-refractivity contribution in [1.29, 1.82) is 0 Å². The normalized spacial score (nSPS) is 21.2. The second kappa shape index (κ2) is 10.3. The fourth-order valence-corrected chi connectivity index (χ4v) is 4.82. The van der Waals surface area contributed by atoms with Crippen LogP contribution in [0, 0.1) is 0 Å². The maximum Gasteiger partial charge on any atom is 0.227 e. The van der Waals surface area contributed by atoms with E-state index in [1.54, 1.807) is 0 Å². The molecule has 1 aromatic carbocycles. The predicted molar refractivity (Wildman–Crippen MR) is 115 cm³/mol. The highest BCUT2D eigenvalue weighted by atomic mass is 16.2. The van der Waals surface area contributed by atoms with Crippen LogP contribution < -0.4 is 10.2 Å². The van der Waals surface area contributed by atoms with Crippen molar-refractivity contribution in [1.82, 2.24) is 5.32 Å². The molecule has 0 aromatic heterocycles. The number of aryl methyl sites for hydroxylation is 1. The SMILES string of the molecule is CCCCCCC(=O)N1c2ccc(CCCCCC)cc2[C@H]2CNCC[C@H]21. The highest BCUT2D eigenvalue weighted by Gasteiger charge is 2.42. The van der Waals surface area contributed by atoms with Gasteiger partial charge in [-0.1, -0.05) is 64.5 Å². The zero-order valence-corrected chi connectivity index (χ0v) is 17.4. The molecule has 3 rings (SSSR count). The van der Waals surface area contributed by atoms with Gasteiger partial charge in [0.2, 0.25) is 5.91 Å². The Balaban J connectivity index is 1.71. The summed E-state index contributed by atoms with van der Waals surface area (Å²) < 4.78 is 0. The molecule has 0 bridgehead atoms. The molecule has 2 atom stereocenters. The number of carbonyl (C=O) groups excluding carboxylic acids is 1. The first-order valence-electron chi connectivity index (χ1n) is 11.4. The van der Waals surface area contributed by atoms with Gasteiger partial charge in [0.25, 0.3) is 0 Å². The third-order valence-corrected chi connectivity index (χ3v) is 6.36. The Morgan fingerprint density at radius 2 is 1.85 bits per heavy atom. The minimum absolute atomic E-state index is 0.345. The number of hydrogen-bond acceptors (Lipinski definition) is 2. The van der Waals surface area contributed by atoms with Gasteiger partial charge in [-0.25, -0.2) is 0 Å². The van der Waals surface area contributed by atoms with E-state index in [9.17, 15) is 4.79 Å². The van der Waals surface area contributed by atoms with Crippen molar-refractivity contribution >= 4 is 11.6 Å². The highest BCUT2D eigenvalue weighted by molar-refractivity contribution is 5.97. The molecule has 150 valence electrons. The van der Waals surface area contributed by atoms with Crippen molar-refractivity contribution in [2.75, 3.05) is 18.0 Å². The lowest BCUT2D eigenvalue weighted by Gasteiger charge is -2.32. The second-order valence-electron chi connectivity index (χ2n) is 8.44. The second-order valence-corrected chi connectivity index (χ2v) is 8.44. The van der Waals surface area contributed by atoms with Crippen molar-refractivity contribution in [2.24, 2.45) is 0 Å². The summed E-state index contributed by atoms with van der Waals surface area (Å²) in [5.74, 6) is 0.821. The van der Waals surface area contributed by atoms with E-state index in [2.05, 4.69) is 42.3 Å². The van der Waals surface area contributed by atoms with Crippen molar-refractivity contribution in [3.8, 4) is 0 Å². The number of piperidine rings is 1. The van der Waals surface area contributed by atoms with Crippen LogP contribution in [0.2, 0.25) is 0 Å². The molecule has 0 saturated carbocycles.